The van der Waals surface area contributed by atoms with E-state index < -0.39 is 24.0 Å². The molecule has 0 saturated carbocycles. The molecule has 1 aliphatic rings. The van der Waals surface area contributed by atoms with Gasteiger partial charge in [0.25, 0.3) is 0 Å². The lowest BCUT2D eigenvalue weighted by atomic mass is 9.97. The van der Waals surface area contributed by atoms with Crippen molar-refractivity contribution in [2.45, 2.75) is 37.8 Å². The number of benzene rings is 1. The van der Waals surface area contributed by atoms with Crippen LogP contribution in [0.4, 0.5) is 0 Å². The molecular weight excluding hydrogens is 312 g/mol. The molecule has 7 heteroatoms. The normalized spacial score (nSPS) is 21.5. The number of carboxylic acid groups (broad SMARTS) is 2. The fourth-order valence-corrected chi connectivity index (χ4v) is 3.07. The third kappa shape index (κ3) is 4.55. The lowest BCUT2D eigenvalue weighted by molar-refractivity contribution is -0.148. The summed E-state index contributed by atoms with van der Waals surface area (Å²) in [6, 6.07) is 7.76. The maximum atomic E-state index is 12.3. The van der Waals surface area contributed by atoms with Gasteiger partial charge < -0.3 is 20.8 Å². The van der Waals surface area contributed by atoms with Crippen molar-refractivity contribution in [3.8, 4) is 0 Å². The molecule has 0 spiro atoms. The topological polar surface area (TPSA) is 121 Å². The van der Waals surface area contributed by atoms with E-state index in [-0.39, 0.29) is 24.7 Å². The maximum absolute atomic E-state index is 12.3. The predicted molar refractivity (Wildman–Crippen MR) is 86.2 cm³/mol. The largest absolute Gasteiger partial charge is 0.480 e. The molecule has 1 amide bonds. The lowest BCUT2D eigenvalue weighted by Gasteiger charge is -2.22. The third-order valence-corrected chi connectivity index (χ3v) is 4.35. The van der Waals surface area contributed by atoms with E-state index in [2.05, 4.69) is 0 Å². The van der Waals surface area contributed by atoms with Crippen LogP contribution >= 0.6 is 0 Å². The molecule has 4 N–H and O–H groups in total. The van der Waals surface area contributed by atoms with Crippen molar-refractivity contribution in [2.24, 2.45) is 11.7 Å². The van der Waals surface area contributed by atoms with Crippen LogP contribution in [0.1, 0.15) is 24.8 Å². The monoisotopic (exact) mass is 334 g/mol. The van der Waals surface area contributed by atoms with Gasteiger partial charge in [-0.15, -0.1) is 0 Å². The van der Waals surface area contributed by atoms with Crippen LogP contribution in [0, 0.1) is 5.92 Å². The van der Waals surface area contributed by atoms with E-state index >= 15 is 0 Å². The minimum absolute atomic E-state index is 0.000355. The van der Waals surface area contributed by atoms with Crippen molar-refractivity contribution in [3.63, 3.8) is 0 Å². The zero-order valence-corrected chi connectivity index (χ0v) is 13.3. The van der Waals surface area contributed by atoms with E-state index in [1.807, 2.05) is 30.3 Å². The fourth-order valence-electron chi connectivity index (χ4n) is 3.07. The highest BCUT2D eigenvalue weighted by molar-refractivity contribution is 5.85. The summed E-state index contributed by atoms with van der Waals surface area (Å²) in [5.41, 5.74) is 6.51. The first-order valence-electron chi connectivity index (χ1n) is 7.93. The number of aliphatic carboxylic acids is 2. The Hall–Kier alpha value is -2.41. The molecule has 1 heterocycles. The number of carboxylic acids is 2. The van der Waals surface area contributed by atoms with Crippen LogP contribution in [0.5, 0.6) is 0 Å². The second-order valence-electron chi connectivity index (χ2n) is 6.17. The number of carbonyl (C=O) groups excluding carboxylic acids is 1. The Kier molecular flexibility index (Phi) is 5.92. The molecule has 3 atom stereocenters. The minimum atomic E-state index is -1.17. The number of nitrogens with two attached hydrogens (primary N) is 1. The van der Waals surface area contributed by atoms with E-state index in [4.69, 9.17) is 10.8 Å². The van der Waals surface area contributed by atoms with Crippen LogP contribution in [0.25, 0.3) is 0 Å². The molecular formula is C17H22N2O5. The van der Waals surface area contributed by atoms with Gasteiger partial charge in [0.05, 0.1) is 0 Å². The average molecular weight is 334 g/mol. The number of rotatable bonds is 7. The number of likely N-dealkylation sites (tertiary alicyclic amines) is 1. The molecule has 0 aliphatic carbocycles. The number of hydrogen-bond donors (Lipinski definition) is 3. The highest BCUT2D eigenvalue weighted by atomic mass is 16.4. The molecule has 130 valence electrons. The predicted octanol–water partition coefficient (Wildman–Crippen LogP) is 0.723. The van der Waals surface area contributed by atoms with Crippen molar-refractivity contribution in [3.05, 3.63) is 35.9 Å². The summed E-state index contributed by atoms with van der Waals surface area (Å²) in [6.45, 7) is 0.368. The summed E-state index contributed by atoms with van der Waals surface area (Å²) < 4.78 is 0. The van der Waals surface area contributed by atoms with E-state index in [1.54, 1.807) is 0 Å². The number of amides is 1. The Morgan fingerprint density at radius 1 is 1.21 bits per heavy atom. The first-order chi connectivity index (χ1) is 11.4. The molecule has 0 bridgehead atoms. The van der Waals surface area contributed by atoms with Crippen molar-refractivity contribution in [1.29, 1.82) is 0 Å². The summed E-state index contributed by atoms with van der Waals surface area (Å²) in [7, 11) is 0. The van der Waals surface area contributed by atoms with E-state index in [9.17, 15) is 19.5 Å². The molecule has 0 aromatic heterocycles. The summed E-state index contributed by atoms with van der Waals surface area (Å²) in [6.07, 6.45) is 1.06. The Labute approximate surface area is 140 Å². The smallest absolute Gasteiger partial charge is 0.326 e. The highest BCUT2D eigenvalue weighted by Crippen LogP contribution is 2.27. The first kappa shape index (κ1) is 17.9. The van der Waals surface area contributed by atoms with Crippen molar-refractivity contribution < 1.29 is 24.6 Å². The minimum Gasteiger partial charge on any atom is -0.480 e. The standard InChI is InChI=1S/C17H22N2O5/c18-13(16(21)22)6-7-15(20)19-10-12(9-14(19)17(23)24)8-11-4-2-1-3-5-11/h1-5,12-14H,6-10,18H2,(H,21,22)(H,23,24). The second kappa shape index (κ2) is 7.92. The number of hydrogen-bond acceptors (Lipinski definition) is 4. The average Bonchev–Trinajstić information content (AvgIpc) is 2.97. The molecule has 3 unspecified atom stereocenters. The zero-order valence-electron chi connectivity index (χ0n) is 13.3. The second-order valence-corrected chi connectivity index (χ2v) is 6.17. The fraction of sp³-hybridized carbons (Fsp3) is 0.471. The van der Waals surface area contributed by atoms with Gasteiger partial charge in [0, 0.05) is 13.0 Å². The Morgan fingerprint density at radius 2 is 1.88 bits per heavy atom. The van der Waals surface area contributed by atoms with Crippen LogP contribution in [-0.2, 0) is 20.8 Å². The Morgan fingerprint density at radius 3 is 2.46 bits per heavy atom. The first-order valence-corrected chi connectivity index (χ1v) is 7.93. The summed E-state index contributed by atoms with van der Waals surface area (Å²) in [4.78, 5) is 35.8. The van der Waals surface area contributed by atoms with Gasteiger partial charge in [0.15, 0.2) is 0 Å². The van der Waals surface area contributed by atoms with Gasteiger partial charge in [-0.2, -0.15) is 0 Å². The van der Waals surface area contributed by atoms with Gasteiger partial charge in [-0.1, -0.05) is 30.3 Å². The molecule has 2 rings (SSSR count). The molecule has 7 nitrogen and oxygen atoms in total. The SMILES string of the molecule is NC(CCC(=O)N1CC(Cc2ccccc2)CC1C(=O)O)C(=O)O. The van der Waals surface area contributed by atoms with Crippen molar-refractivity contribution >= 4 is 17.8 Å². The molecule has 1 fully saturated rings. The van der Waals surface area contributed by atoms with Crippen LogP contribution in [-0.4, -0.2) is 51.6 Å². The van der Waals surface area contributed by atoms with E-state index in [0.29, 0.717) is 19.4 Å². The number of carbonyl (C=O) groups is 3. The van der Waals surface area contributed by atoms with Gasteiger partial charge in [-0.3, -0.25) is 9.59 Å². The number of nitrogens with zero attached hydrogens (tertiary/aromatic N) is 1. The lowest BCUT2D eigenvalue weighted by Crippen LogP contribution is -2.41. The molecule has 1 aromatic rings. The molecule has 1 aromatic carbocycles. The third-order valence-electron chi connectivity index (χ3n) is 4.35. The summed E-state index contributed by atoms with van der Waals surface area (Å²) in [5, 5.41) is 18.1. The highest BCUT2D eigenvalue weighted by Gasteiger charge is 2.39. The summed E-state index contributed by atoms with van der Waals surface area (Å²) >= 11 is 0. The quantitative estimate of drug-likeness (QED) is 0.676. The van der Waals surface area contributed by atoms with Crippen molar-refractivity contribution in [1.82, 2.24) is 4.90 Å². The molecule has 24 heavy (non-hydrogen) atoms. The van der Waals surface area contributed by atoms with Crippen LogP contribution in [0.3, 0.4) is 0 Å². The van der Waals surface area contributed by atoms with Crippen LogP contribution in [0.15, 0.2) is 30.3 Å². The van der Waals surface area contributed by atoms with E-state index in [1.165, 1.54) is 4.90 Å². The van der Waals surface area contributed by atoms with E-state index in [0.717, 1.165) is 5.56 Å². The van der Waals surface area contributed by atoms with Gasteiger partial charge >= 0.3 is 11.9 Å². The summed E-state index contributed by atoms with van der Waals surface area (Å²) in [5.74, 6) is -2.47. The van der Waals surface area contributed by atoms with Gasteiger partial charge in [-0.25, -0.2) is 4.79 Å². The Bertz CT molecular complexity index is 604. The zero-order chi connectivity index (χ0) is 17.7. The van der Waals surface area contributed by atoms with Gasteiger partial charge in [-0.05, 0) is 30.7 Å². The van der Waals surface area contributed by atoms with Crippen LogP contribution < -0.4 is 5.73 Å². The van der Waals surface area contributed by atoms with Crippen molar-refractivity contribution in [2.75, 3.05) is 6.54 Å². The molecule has 0 radical (unpaired) electrons. The maximum Gasteiger partial charge on any atom is 0.326 e. The van der Waals surface area contributed by atoms with Gasteiger partial charge in [0.1, 0.15) is 12.1 Å². The van der Waals surface area contributed by atoms with Gasteiger partial charge in [0.2, 0.25) is 5.91 Å². The Balaban J connectivity index is 1.98. The molecule has 1 aliphatic heterocycles. The van der Waals surface area contributed by atoms with Crippen LogP contribution in [0.2, 0.25) is 0 Å². The molecule has 1 saturated heterocycles.